The van der Waals surface area contributed by atoms with Crippen LogP contribution in [0.15, 0.2) is 0 Å². The van der Waals surface area contributed by atoms with Crippen LogP contribution in [0.1, 0.15) is 12.0 Å². The Hall–Kier alpha value is -1.74. The quantitative estimate of drug-likeness (QED) is 0.335. The van der Waals surface area contributed by atoms with E-state index in [9.17, 15) is 26.7 Å². The summed E-state index contributed by atoms with van der Waals surface area (Å²) in [6.45, 7) is 4.17. The smallest absolute Gasteiger partial charge is 0.224 e. The average molecular weight is 353 g/mol. The van der Waals surface area contributed by atoms with E-state index in [1.54, 1.807) is 0 Å². The molecule has 1 heterocycles. The molecular weight excluding hydrogens is 335 g/mol. The van der Waals surface area contributed by atoms with Gasteiger partial charge in [0.2, 0.25) is 11.7 Å². The molecule has 0 aliphatic carbocycles. The largest absolute Gasteiger partial charge is 0.370 e. The van der Waals surface area contributed by atoms with Crippen molar-refractivity contribution in [3.8, 4) is 0 Å². The maximum absolute atomic E-state index is 13.5. The lowest BCUT2D eigenvalue weighted by Gasteiger charge is -2.23. The highest BCUT2D eigenvalue weighted by atomic mass is 19.2. The van der Waals surface area contributed by atoms with Crippen molar-refractivity contribution in [2.24, 2.45) is 0 Å². The standard InChI is InChI=1S/C15H17F5N2O2/c16-11-9(12(17)14(19)15(20)13(11)18)8-10(23)21-2-1-3-22-4-6-24-7-5-22/h1-8H2,(H,21,23)/p+1. The van der Waals surface area contributed by atoms with Crippen molar-refractivity contribution in [2.75, 3.05) is 39.4 Å². The Morgan fingerprint density at radius 2 is 1.50 bits per heavy atom. The lowest BCUT2D eigenvalue weighted by atomic mass is 10.1. The molecule has 24 heavy (non-hydrogen) atoms. The van der Waals surface area contributed by atoms with Crippen LogP contribution in [0, 0.1) is 29.1 Å². The Kier molecular flexibility index (Phi) is 6.50. The van der Waals surface area contributed by atoms with E-state index in [1.807, 2.05) is 0 Å². The molecule has 1 fully saturated rings. The van der Waals surface area contributed by atoms with Gasteiger partial charge in [-0.05, 0) is 0 Å². The molecule has 134 valence electrons. The summed E-state index contributed by atoms with van der Waals surface area (Å²) in [7, 11) is 0. The summed E-state index contributed by atoms with van der Waals surface area (Å²) in [6.07, 6.45) is -0.269. The number of nitrogens with one attached hydrogen (secondary N) is 2. The number of halogens is 5. The van der Waals surface area contributed by atoms with Crippen molar-refractivity contribution < 1.29 is 36.4 Å². The van der Waals surface area contributed by atoms with E-state index in [2.05, 4.69) is 5.32 Å². The number of carbonyl (C=O) groups is 1. The van der Waals surface area contributed by atoms with Gasteiger partial charge in [0.1, 0.15) is 13.1 Å². The van der Waals surface area contributed by atoms with Crippen LogP contribution in [-0.2, 0) is 16.0 Å². The van der Waals surface area contributed by atoms with Gasteiger partial charge in [0.05, 0.1) is 26.2 Å². The summed E-state index contributed by atoms with van der Waals surface area (Å²) < 4.78 is 71.2. The molecule has 0 bridgehead atoms. The first-order valence-corrected chi connectivity index (χ1v) is 7.60. The van der Waals surface area contributed by atoms with Gasteiger partial charge in [-0.1, -0.05) is 0 Å². The topological polar surface area (TPSA) is 42.8 Å². The molecule has 0 aromatic heterocycles. The van der Waals surface area contributed by atoms with Gasteiger partial charge >= 0.3 is 0 Å². The molecule has 0 unspecified atom stereocenters. The highest BCUT2D eigenvalue weighted by molar-refractivity contribution is 5.78. The molecule has 0 saturated carbocycles. The highest BCUT2D eigenvalue weighted by Crippen LogP contribution is 2.23. The van der Waals surface area contributed by atoms with E-state index in [4.69, 9.17) is 4.74 Å². The maximum Gasteiger partial charge on any atom is 0.224 e. The summed E-state index contributed by atoms with van der Waals surface area (Å²) in [5.74, 6) is -11.1. The summed E-state index contributed by atoms with van der Waals surface area (Å²) in [4.78, 5) is 13.0. The molecule has 1 amide bonds. The fraction of sp³-hybridized carbons (Fsp3) is 0.533. The number of benzene rings is 1. The van der Waals surface area contributed by atoms with E-state index < -0.39 is 47.0 Å². The zero-order chi connectivity index (χ0) is 17.7. The van der Waals surface area contributed by atoms with E-state index in [0.29, 0.717) is 19.6 Å². The summed E-state index contributed by atoms with van der Waals surface area (Å²) in [5, 5.41) is 2.42. The van der Waals surface area contributed by atoms with E-state index in [-0.39, 0.29) is 6.54 Å². The lowest BCUT2D eigenvalue weighted by molar-refractivity contribution is -0.908. The summed E-state index contributed by atoms with van der Waals surface area (Å²) >= 11 is 0. The molecule has 0 spiro atoms. The number of hydrogen-bond acceptors (Lipinski definition) is 2. The van der Waals surface area contributed by atoms with Crippen LogP contribution in [0.25, 0.3) is 0 Å². The Morgan fingerprint density at radius 3 is 2.08 bits per heavy atom. The summed E-state index contributed by atoms with van der Waals surface area (Å²) in [6, 6.07) is 0. The Labute approximate surface area is 135 Å². The van der Waals surface area contributed by atoms with Gasteiger partial charge < -0.3 is 15.0 Å². The van der Waals surface area contributed by atoms with Crippen molar-refractivity contribution in [1.82, 2.24) is 5.32 Å². The average Bonchev–Trinajstić information content (AvgIpc) is 2.60. The monoisotopic (exact) mass is 353 g/mol. The molecule has 1 saturated heterocycles. The lowest BCUT2D eigenvalue weighted by Crippen LogP contribution is -3.14. The molecule has 4 nitrogen and oxygen atoms in total. The number of carbonyl (C=O) groups excluding carboxylic acids is 1. The second kappa shape index (κ2) is 8.39. The van der Waals surface area contributed by atoms with E-state index in [1.165, 1.54) is 4.90 Å². The van der Waals surface area contributed by atoms with Crippen LogP contribution < -0.4 is 10.2 Å². The van der Waals surface area contributed by atoms with Gasteiger partial charge in [-0.2, -0.15) is 0 Å². The molecule has 0 radical (unpaired) electrons. The van der Waals surface area contributed by atoms with Crippen molar-refractivity contribution >= 4 is 5.91 Å². The molecule has 1 aliphatic heterocycles. The van der Waals surface area contributed by atoms with Gasteiger partial charge in [-0.3, -0.25) is 4.79 Å². The minimum atomic E-state index is -2.23. The van der Waals surface area contributed by atoms with Crippen molar-refractivity contribution in [3.05, 3.63) is 34.6 Å². The molecule has 0 atom stereocenters. The van der Waals surface area contributed by atoms with Crippen LogP contribution in [0.4, 0.5) is 22.0 Å². The first kappa shape index (κ1) is 18.6. The first-order valence-electron chi connectivity index (χ1n) is 7.60. The van der Waals surface area contributed by atoms with Gasteiger partial charge in [-0.25, -0.2) is 22.0 Å². The first-order chi connectivity index (χ1) is 11.4. The number of ether oxygens (including phenoxy) is 1. The SMILES string of the molecule is O=C(Cc1c(F)c(F)c(F)c(F)c1F)NCCC[NH+]1CCOCC1. The van der Waals surface area contributed by atoms with E-state index >= 15 is 0 Å². The van der Waals surface area contributed by atoms with Crippen LogP contribution in [0.3, 0.4) is 0 Å². The highest BCUT2D eigenvalue weighted by Gasteiger charge is 2.26. The molecule has 1 aromatic rings. The van der Waals surface area contributed by atoms with Crippen molar-refractivity contribution in [2.45, 2.75) is 12.8 Å². The summed E-state index contributed by atoms with van der Waals surface area (Å²) in [5.41, 5.74) is -1.12. The molecule has 1 aromatic carbocycles. The second-order valence-corrected chi connectivity index (χ2v) is 5.54. The van der Waals surface area contributed by atoms with Crippen molar-refractivity contribution in [3.63, 3.8) is 0 Å². The van der Waals surface area contributed by atoms with Crippen LogP contribution >= 0.6 is 0 Å². The third-order valence-electron chi connectivity index (χ3n) is 3.87. The second-order valence-electron chi connectivity index (χ2n) is 5.54. The number of morpholine rings is 1. The maximum atomic E-state index is 13.5. The Balaban J connectivity index is 1.84. The molecule has 1 aliphatic rings. The van der Waals surface area contributed by atoms with Gasteiger partial charge in [0, 0.05) is 18.5 Å². The van der Waals surface area contributed by atoms with Crippen molar-refractivity contribution in [1.29, 1.82) is 0 Å². The Bertz CT molecular complexity index is 577. The third-order valence-corrected chi connectivity index (χ3v) is 3.87. The number of quaternary nitrogens is 1. The zero-order valence-corrected chi connectivity index (χ0v) is 12.9. The zero-order valence-electron chi connectivity index (χ0n) is 12.9. The fourth-order valence-corrected chi connectivity index (χ4v) is 2.50. The molecule has 2 rings (SSSR count). The normalized spacial score (nSPS) is 15.5. The number of hydrogen-bond donors (Lipinski definition) is 2. The van der Waals surface area contributed by atoms with Gasteiger partial charge in [-0.15, -0.1) is 0 Å². The molecule has 9 heteroatoms. The van der Waals surface area contributed by atoms with Crippen LogP contribution in [0.2, 0.25) is 0 Å². The van der Waals surface area contributed by atoms with E-state index in [0.717, 1.165) is 19.6 Å². The van der Waals surface area contributed by atoms with Crippen LogP contribution in [-0.4, -0.2) is 45.3 Å². The predicted molar refractivity (Wildman–Crippen MR) is 73.9 cm³/mol. The van der Waals surface area contributed by atoms with Gasteiger partial charge in [0.25, 0.3) is 0 Å². The Morgan fingerprint density at radius 1 is 0.958 bits per heavy atom. The fourth-order valence-electron chi connectivity index (χ4n) is 2.50. The molecular formula is C15H18F5N2O2+. The predicted octanol–water partition coefficient (Wildman–Crippen LogP) is 0.346. The van der Waals surface area contributed by atoms with Crippen LogP contribution in [0.5, 0.6) is 0 Å². The minimum Gasteiger partial charge on any atom is -0.370 e. The minimum absolute atomic E-state index is 0.262. The molecule has 2 N–H and O–H groups in total. The number of amides is 1. The third kappa shape index (κ3) is 4.41. The number of rotatable bonds is 6. The van der Waals surface area contributed by atoms with Gasteiger partial charge in [0.15, 0.2) is 23.3 Å².